The predicted octanol–water partition coefficient (Wildman–Crippen LogP) is 2.78. The van der Waals surface area contributed by atoms with E-state index in [1.165, 1.54) is 49.1 Å². The molecule has 3 aromatic rings. The molecule has 7 N–H and O–H groups in total. The molecule has 7 rings (SSSR count). The number of hydrogen-bond donors (Lipinski definition) is 10. The van der Waals surface area contributed by atoms with E-state index in [1.807, 2.05) is 0 Å². The molecule has 15 atom stereocenters. The van der Waals surface area contributed by atoms with E-state index < -0.39 is 142 Å². The van der Waals surface area contributed by atoms with Crippen molar-refractivity contribution in [1.82, 2.24) is 39.3 Å². The molecule has 4 aliphatic heterocycles. The maximum Gasteiger partial charge on any atom is 0.386 e. The number of fused-ring (bicyclic) bond motifs is 1. The first kappa shape index (κ1) is 61.6. The highest BCUT2D eigenvalue weighted by molar-refractivity contribution is 8.60. The number of carbonyl (C=O) groups is 1. The van der Waals surface area contributed by atoms with Gasteiger partial charge in [-0.3, -0.25) is 56.1 Å². The number of aliphatic hydroxyl groups excluding tert-OH is 2. The average molecular weight is 1250 g/mol. The van der Waals surface area contributed by atoms with Crippen LogP contribution < -0.4 is 27.9 Å². The van der Waals surface area contributed by atoms with E-state index in [2.05, 4.69) is 74.2 Å². The van der Waals surface area contributed by atoms with E-state index >= 15 is 0 Å². The highest BCUT2D eigenvalue weighted by atomic mass is 32.9. The van der Waals surface area contributed by atoms with Gasteiger partial charge in [0.1, 0.15) is 49.1 Å². The molecule has 426 valence electrons. The predicted molar refractivity (Wildman–Crippen MR) is 284 cm³/mol. The Morgan fingerprint density at radius 3 is 2.12 bits per heavy atom. The molecule has 76 heavy (non-hydrogen) atoms. The maximum atomic E-state index is 14.3. The number of anilines is 1. The number of nitrogens with one attached hydrogen (secondary N) is 3. The maximum absolute atomic E-state index is 14.3. The fourth-order valence-electron chi connectivity index (χ4n) is 8.18. The molecule has 1 amide bonds. The van der Waals surface area contributed by atoms with Crippen LogP contribution >= 0.6 is 75.1 Å². The normalized spacial score (nSPS) is 30.3. The molecule has 4 aliphatic rings. The van der Waals surface area contributed by atoms with E-state index in [0.29, 0.717) is 0 Å². The molecule has 0 bridgehead atoms. The summed E-state index contributed by atoms with van der Waals surface area (Å²) in [6, 6.07) is 0. The second-order valence-corrected chi connectivity index (χ2v) is 31.4. The number of imidazole rings is 1. The SMILES string of the molecule is COC1C(OP(=O)(S)OCCCO)[C@@H](COP(=O)(S)OC2C[C@H](n3cc(C)c(=O)[nH]c3=O)O[C@@H]2COP(=S)(S)OC2C[C@H](n3cnc4c(=O)[nH]c(N)nc43)O[C@@H]2COP(=O)(S)OC(C)C)O[C@H]1N1C=C(C)C(=O)NC1O. The van der Waals surface area contributed by atoms with E-state index in [9.17, 15) is 43.1 Å². The lowest BCUT2D eigenvalue weighted by Crippen LogP contribution is -2.56. The first-order valence-electron chi connectivity index (χ1n) is 22.8. The number of nitrogens with two attached hydrogens (primary N) is 1. The van der Waals surface area contributed by atoms with Crippen LogP contribution in [-0.4, -0.2) is 152 Å². The minimum absolute atomic E-state index is 0.0171. The molecular formula is C37H57N9O21P4S5. The average Bonchev–Trinajstić information content (AvgIpc) is 4.11. The number of methoxy groups -OCH3 is 1. The van der Waals surface area contributed by atoms with Crippen LogP contribution in [0.15, 0.2) is 38.7 Å². The Morgan fingerprint density at radius 1 is 0.842 bits per heavy atom. The van der Waals surface area contributed by atoms with Gasteiger partial charge < -0.3 is 58.7 Å². The van der Waals surface area contributed by atoms with Crippen molar-refractivity contribution in [3.63, 3.8) is 0 Å². The summed E-state index contributed by atoms with van der Waals surface area (Å²) in [6.07, 6.45) is -10.5. The molecule has 0 spiro atoms. The lowest BCUT2D eigenvalue weighted by Gasteiger charge is -2.37. The number of thiol groups is 4. The van der Waals surface area contributed by atoms with Crippen molar-refractivity contribution in [3.8, 4) is 0 Å². The molecule has 3 saturated heterocycles. The van der Waals surface area contributed by atoms with Crippen molar-refractivity contribution in [3.05, 3.63) is 61.1 Å². The Labute approximate surface area is 458 Å². The summed E-state index contributed by atoms with van der Waals surface area (Å²) < 4.78 is 114. The minimum atomic E-state index is -4.59. The standard InChI is InChI=1S/C37H57N9O21P4S5/c1-17(2)64-69(54,73)58-13-22-21(10-26(62-22)46-16-39-27-30(46)40-35(38)41-33(27)50)66-71(75,76)60-14-23-20(9-25(61-23)44-11-18(3)31(48)42-36(44)51)65-70(55,74)59-15-24-28(67-68(53,72)57-8-6-7-47)29(56-5)34(63-24)45-12-19(4)32(49)43-37(45)52/h11-12,16-17,20-26,28-29,34,37,47,52H,6-10,13-15H2,1-5H3,(H,43,49)(H,53,72)(H,54,73)(H,55,74)(H,75,76)(H,42,48,51)(H3,38,40,41,50)/t20?,21?,22-,23-,24-,25-,26-,28?,29?,34-,37?,68?,69?,70?/m1/s1. The van der Waals surface area contributed by atoms with Crippen LogP contribution in [0.5, 0.6) is 0 Å². The van der Waals surface area contributed by atoms with Gasteiger partial charge in [0.05, 0.1) is 45.0 Å². The molecule has 30 nitrogen and oxygen atoms in total. The van der Waals surface area contributed by atoms with Crippen molar-refractivity contribution < 1.29 is 83.8 Å². The quantitative estimate of drug-likeness (QED) is 0.0331. The van der Waals surface area contributed by atoms with E-state index in [1.54, 1.807) is 13.8 Å². The number of aromatic nitrogens is 6. The van der Waals surface area contributed by atoms with Gasteiger partial charge in [-0.1, -0.05) is 49.0 Å². The van der Waals surface area contributed by atoms with Gasteiger partial charge in [0.15, 0.2) is 17.4 Å². The summed E-state index contributed by atoms with van der Waals surface area (Å²) in [5, 5.41) is 22.4. The van der Waals surface area contributed by atoms with Crippen molar-refractivity contribution in [2.75, 3.05) is 45.9 Å². The van der Waals surface area contributed by atoms with Crippen LogP contribution in [0.1, 0.15) is 58.1 Å². The van der Waals surface area contributed by atoms with Crippen molar-refractivity contribution in [2.24, 2.45) is 0 Å². The van der Waals surface area contributed by atoms with E-state index in [-0.39, 0.29) is 60.7 Å². The highest BCUT2D eigenvalue weighted by Gasteiger charge is 2.53. The Hall–Kier alpha value is -1.98. The Morgan fingerprint density at radius 2 is 1.46 bits per heavy atom. The number of nitrogen functional groups attached to an aromatic ring is 1. The third-order valence-corrected chi connectivity index (χ3v) is 18.9. The lowest BCUT2D eigenvalue weighted by atomic mass is 10.1. The molecule has 7 heterocycles. The number of hydrogen-bond acceptors (Lipinski definition) is 26. The summed E-state index contributed by atoms with van der Waals surface area (Å²) in [7, 11) is 1.26. The minimum Gasteiger partial charge on any atom is -0.396 e. The molecule has 3 fully saturated rings. The van der Waals surface area contributed by atoms with Gasteiger partial charge in [0.2, 0.25) is 18.0 Å². The first-order valence-corrected chi connectivity index (χ1v) is 34.7. The van der Waals surface area contributed by atoms with Crippen LogP contribution in [0.3, 0.4) is 0 Å². The molecule has 0 saturated carbocycles. The first-order chi connectivity index (χ1) is 35.6. The Bertz CT molecular complexity index is 3010. The van der Waals surface area contributed by atoms with E-state index in [0.717, 1.165) is 4.57 Å². The second kappa shape index (κ2) is 25.4. The highest BCUT2D eigenvalue weighted by Crippen LogP contribution is 2.61. The van der Waals surface area contributed by atoms with Gasteiger partial charge >= 0.3 is 26.1 Å². The van der Waals surface area contributed by atoms with Gasteiger partial charge in [-0.25, -0.2) is 23.5 Å². The van der Waals surface area contributed by atoms with Gasteiger partial charge in [-0.15, -0.1) is 0 Å². The summed E-state index contributed by atoms with van der Waals surface area (Å²) >= 11 is 22.8. The van der Waals surface area contributed by atoms with Gasteiger partial charge in [-0.2, -0.15) is 4.98 Å². The molecule has 39 heteroatoms. The fraction of sp³-hybridized carbons (Fsp3) is 0.676. The number of rotatable bonds is 25. The number of ether oxygens (including phenoxy) is 4. The van der Waals surface area contributed by atoms with E-state index in [4.69, 9.17) is 72.7 Å². The third-order valence-electron chi connectivity index (χ3n) is 11.6. The number of aromatic amines is 2. The molecule has 9 unspecified atom stereocenters. The summed E-state index contributed by atoms with van der Waals surface area (Å²) in [4.78, 5) is 64.4. The molecular weight excluding hydrogens is 1190 g/mol. The topological polar surface area (TPSA) is 379 Å². The number of H-pyrrole nitrogens is 2. The van der Waals surface area contributed by atoms with Crippen molar-refractivity contribution in [2.45, 2.75) is 121 Å². The summed E-state index contributed by atoms with van der Waals surface area (Å²) in [6.45, 7) is -8.72. The monoisotopic (exact) mass is 1250 g/mol. The van der Waals surface area contributed by atoms with Crippen molar-refractivity contribution >= 4 is 110 Å². The fourth-order valence-corrected chi connectivity index (χ4v) is 15.0. The van der Waals surface area contributed by atoms with Gasteiger partial charge in [0, 0.05) is 50.1 Å². The van der Waals surface area contributed by atoms with Crippen LogP contribution in [0.2, 0.25) is 0 Å². The second-order valence-electron chi connectivity index (χ2n) is 17.5. The summed E-state index contributed by atoms with van der Waals surface area (Å²) in [5.41, 5.74) is 0.345. The summed E-state index contributed by atoms with van der Waals surface area (Å²) in [5.74, 6) is -0.763. The zero-order valence-electron chi connectivity index (χ0n) is 40.8. The number of aryl methyl sites for hydroxylation is 1. The van der Waals surface area contributed by atoms with Gasteiger partial charge in [-0.05, 0) is 45.9 Å². The Balaban J connectivity index is 1.10. The van der Waals surface area contributed by atoms with Crippen LogP contribution in [0, 0.1) is 6.92 Å². The van der Waals surface area contributed by atoms with Gasteiger partial charge in [0.25, 0.3) is 17.0 Å². The molecule has 0 radical (unpaired) electrons. The third kappa shape index (κ3) is 15.5. The van der Waals surface area contributed by atoms with Crippen molar-refractivity contribution in [1.29, 1.82) is 0 Å². The number of carbonyl (C=O) groups excluding carboxylic acids is 1. The zero-order chi connectivity index (χ0) is 55.7. The van der Waals surface area contributed by atoms with Crippen LogP contribution in [-0.2, 0) is 85.4 Å². The number of aliphatic hydroxyl groups is 2. The number of amides is 1. The number of nitrogens with zero attached hydrogens (tertiary/aromatic N) is 5. The van der Waals surface area contributed by atoms with Crippen LogP contribution in [0.25, 0.3) is 11.2 Å². The zero-order valence-corrected chi connectivity index (χ0v) is 48.7. The lowest BCUT2D eigenvalue weighted by molar-refractivity contribution is -0.157. The molecule has 3 aromatic heterocycles. The molecule has 0 aliphatic carbocycles. The Kier molecular flexibility index (Phi) is 20.6. The largest absolute Gasteiger partial charge is 0.396 e. The molecule has 0 aromatic carbocycles. The van der Waals surface area contributed by atoms with Crippen LogP contribution in [0.4, 0.5) is 5.95 Å². The smallest absolute Gasteiger partial charge is 0.386 e.